The number of anilines is 3. The maximum Gasteiger partial charge on any atom is 0.0756 e. The van der Waals surface area contributed by atoms with Gasteiger partial charge in [0.1, 0.15) is 0 Å². The van der Waals surface area contributed by atoms with Crippen molar-refractivity contribution in [2.24, 2.45) is 0 Å². The molecule has 0 saturated heterocycles. The van der Waals surface area contributed by atoms with Crippen LogP contribution >= 0.6 is 11.8 Å². The fourth-order valence-electron chi connectivity index (χ4n) is 10.2. The number of fused-ring (bicyclic) bond motifs is 5. The molecule has 9 aromatic carbocycles. The Balaban J connectivity index is 1.22. The minimum atomic E-state index is -0.637. The number of rotatable bonds is 9. The van der Waals surface area contributed by atoms with Crippen molar-refractivity contribution in [1.82, 2.24) is 4.57 Å². The molecule has 0 fully saturated rings. The summed E-state index contributed by atoms with van der Waals surface area (Å²) in [6, 6.07) is 80.7. The van der Waals surface area contributed by atoms with Crippen LogP contribution in [0.2, 0.25) is 0 Å². The molecule has 1 aromatic heterocycles. The maximum absolute atomic E-state index is 2.53. The van der Waals surface area contributed by atoms with Crippen LogP contribution in [0.25, 0.3) is 49.7 Å². The quantitative estimate of drug-likeness (QED) is 0.134. The summed E-state index contributed by atoms with van der Waals surface area (Å²) in [4.78, 5) is 3.75. The Kier molecular flexibility index (Phi) is 9.21. The highest BCUT2D eigenvalue weighted by molar-refractivity contribution is 7.98. The zero-order valence-electron chi connectivity index (χ0n) is 34.3. The van der Waals surface area contributed by atoms with E-state index in [1.165, 1.54) is 88.1 Å². The Labute approximate surface area is 362 Å². The first-order valence-corrected chi connectivity index (χ1v) is 22.4. The topological polar surface area (TPSA) is 8.17 Å². The lowest BCUT2D eigenvalue weighted by Gasteiger charge is -2.44. The summed E-state index contributed by atoms with van der Waals surface area (Å²) in [5, 5.41) is 2.55. The van der Waals surface area contributed by atoms with Crippen LogP contribution in [0, 0.1) is 0 Å². The van der Waals surface area contributed by atoms with Crippen molar-refractivity contribution in [3.63, 3.8) is 0 Å². The largest absolute Gasteiger partial charge is 0.310 e. The fourth-order valence-corrected chi connectivity index (χ4v) is 10.8. The van der Waals surface area contributed by atoms with Crippen LogP contribution in [0.5, 0.6) is 0 Å². The number of nitrogens with zero attached hydrogens (tertiary/aromatic N) is 2. The third-order valence-corrected chi connectivity index (χ3v) is 13.6. The number of para-hydroxylation sites is 3. The summed E-state index contributed by atoms with van der Waals surface area (Å²) in [6.07, 6.45) is 3.05. The summed E-state index contributed by atoms with van der Waals surface area (Å²) >= 11 is 1.83. The Morgan fingerprint density at radius 1 is 0.443 bits per heavy atom. The molecule has 10 aromatic rings. The molecule has 61 heavy (non-hydrogen) atoms. The first-order chi connectivity index (χ1) is 30.2. The van der Waals surface area contributed by atoms with Gasteiger partial charge in [-0.25, -0.2) is 0 Å². The van der Waals surface area contributed by atoms with E-state index < -0.39 is 5.41 Å². The first-order valence-electron chi connectivity index (χ1n) is 21.2. The SMILES string of the molecule is CCc1c(N(c2ccc(-c3ccccc3)cc2)c2ccc(-c3ccccc3)cc2)cccc1C1(c2ccccc2SC)c2ccccc2-n2c3ccccc3c3cccc1c32. The van der Waals surface area contributed by atoms with E-state index in [0.29, 0.717) is 0 Å². The molecule has 2 heterocycles. The van der Waals surface area contributed by atoms with Crippen LogP contribution in [0.1, 0.15) is 34.7 Å². The van der Waals surface area contributed by atoms with Crippen molar-refractivity contribution in [3.05, 3.63) is 246 Å². The van der Waals surface area contributed by atoms with Gasteiger partial charge in [0.05, 0.1) is 22.1 Å². The fraction of sp³-hybridized carbons (Fsp3) is 0.0690. The molecule has 11 rings (SSSR count). The minimum Gasteiger partial charge on any atom is -0.310 e. The third kappa shape index (κ3) is 5.79. The second kappa shape index (κ2) is 15.2. The lowest BCUT2D eigenvalue weighted by Crippen LogP contribution is -2.37. The van der Waals surface area contributed by atoms with Crippen molar-refractivity contribution in [3.8, 4) is 27.9 Å². The zero-order valence-corrected chi connectivity index (χ0v) is 35.1. The minimum absolute atomic E-state index is 0.637. The summed E-state index contributed by atoms with van der Waals surface area (Å²) < 4.78 is 2.53. The number of aromatic nitrogens is 1. The van der Waals surface area contributed by atoms with Gasteiger partial charge in [0.2, 0.25) is 0 Å². The van der Waals surface area contributed by atoms with Crippen LogP contribution in [0.15, 0.2) is 223 Å². The van der Waals surface area contributed by atoms with Gasteiger partial charge in [0.15, 0.2) is 0 Å². The van der Waals surface area contributed by atoms with Crippen molar-refractivity contribution < 1.29 is 0 Å². The summed E-state index contributed by atoms with van der Waals surface area (Å²) in [6.45, 7) is 2.33. The van der Waals surface area contributed by atoms with Crippen LogP contribution in [0.4, 0.5) is 17.1 Å². The normalized spacial score (nSPS) is 14.3. The molecule has 0 radical (unpaired) electrons. The Bertz CT molecular complexity index is 3120. The smallest absolute Gasteiger partial charge is 0.0756 e. The van der Waals surface area contributed by atoms with Crippen molar-refractivity contribution in [2.75, 3.05) is 11.2 Å². The predicted octanol–water partition coefficient (Wildman–Crippen LogP) is 15.6. The molecule has 0 spiro atoms. The molecule has 1 atom stereocenters. The van der Waals surface area contributed by atoms with Crippen molar-refractivity contribution in [1.29, 1.82) is 0 Å². The standard InChI is InChI=1S/C58H44N2S/c1-3-46-49(26-17-30-53(46)59(44-36-32-42(33-37-44)40-18-6-4-7-19-40)45-38-34-43(35-39-45)41-20-8-5-9-21-41)58(51-25-12-15-31-56(51)61-2)50-24-11-14-29-55(50)60-54-28-13-10-22-47(54)48-23-16-27-52(58)57(48)60/h4-39H,3H2,1-2H3. The summed E-state index contributed by atoms with van der Waals surface area (Å²) in [5.41, 5.74) is 17.8. The lowest BCUT2D eigenvalue weighted by molar-refractivity contribution is 0.702. The Morgan fingerprint density at radius 2 is 0.951 bits per heavy atom. The van der Waals surface area contributed by atoms with E-state index in [-0.39, 0.29) is 0 Å². The molecule has 1 aliphatic rings. The molecule has 1 aliphatic heterocycles. The predicted molar refractivity (Wildman–Crippen MR) is 259 cm³/mol. The van der Waals surface area contributed by atoms with E-state index in [4.69, 9.17) is 0 Å². The monoisotopic (exact) mass is 800 g/mol. The van der Waals surface area contributed by atoms with Gasteiger partial charge in [0, 0.05) is 32.7 Å². The molecule has 0 N–H and O–H groups in total. The van der Waals surface area contributed by atoms with Gasteiger partial charge in [0.25, 0.3) is 0 Å². The van der Waals surface area contributed by atoms with Gasteiger partial charge >= 0.3 is 0 Å². The van der Waals surface area contributed by atoms with Gasteiger partial charge in [-0.05, 0) is 111 Å². The molecular weight excluding hydrogens is 757 g/mol. The highest BCUT2D eigenvalue weighted by Gasteiger charge is 2.47. The molecule has 3 heteroatoms. The molecule has 292 valence electrons. The second-order valence-corrected chi connectivity index (χ2v) is 16.7. The molecule has 1 unspecified atom stereocenters. The van der Waals surface area contributed by atoms with Crippen molar-refractivity contribution in [2.45, 2.75) is 23.7 Å². The van der Waals surface area contributed by atoms with Crippen LogP contribution in [0.3, 0.4) is 0 Å². The third-order valence-electron chi connectivity index (χ3n) is 12.8. The first kappa shape index (κ1) is 37.0. The van der Waals surface area contributed by atoms with Crippen LogP contribution < -0.4 is 4.90 Å². The molecular formula is C58H44N2S. The Hall–Kier alpha value is -7.07. The van der Waals surface area contributed by atoms with Crippen LogP contribution in [-0.2, 0) is 11.8 Å². The van der Waals surface area contributed by atoms with E-state index in [1.54, 1.807) is 0 Å². The van der Waals surface area contributed by atoms with Crippen LogP contribution in [-0.4, -0.2) is 10.8 Å². The molecule has 0 bridgehead atoms. The van der Waals surface area contributed by atoms with Gasteiger partial charge in [-0.1, -0.05) is 177 Å². The van der Waals surface area contributed by atoms with Gasteiger partial charge in [-0.3, -0.25) is 0 Å². The molecule has 2 nitrogen and oxygen atoms in total. The zero-order chi connectivity index (χ0) is 40.9. The molecule has 0 saturated carbocycles. The Morgan fingerprint density at radius 3 is 1.61 bits per heavy atom. The van der Waals surface area contributed by atoms with Gasteiger partial charge in [-0.2, -0.15) is 0 Å². The second-order valence-electron chi connectivity index (χ2n) is 15.8. The molecule has 0 aliphatic carbocycles. The number of hydrogen-bond donors (Lipinski definition) is 0. The highest BCUT2D eigenvalue weighted by Crippen LogP contribution is 2.57. The van der Waals surface area contributed by atoms with E-state index in [1.807, 2.05) is 11.8 Å². The van der Waals surface area contributed by atoms with E-state index in [2.05, 4.69) is 241 Å². The highest BCUT2D eigenvalue weighted by atomic mass is 32.2. The average molecular weight is 801 g/mol. The summed E-state index contributed by atoms with van der Waals surface area (Å²) in [7, 11) is 0. The van der Waals surface area contributed by atoms with Gasteiger partial charge < -0.3 is 9.47 Å². The van der Waals surface area contributed by atoms with E-state index >= 15 is 0 Å². The van der Waals surface area contributed by atoms with Crippen molar-refractivity contribution >= 4 is 50.6 Å². The van der Waals surface area contributed by atoms with E-state index in [9.17, 15) is 0 Å². The maximum atomic E-state index is 2.53. The number of hydrogen-bond acceptors (Lipinski definition) is 2. The number of benzene rings is 9. The lowest BCUT2D eigenvalue weighted by atomic mass is 9.61. The average Bonchev–Trinajstić information content (AvgIpc) is 3.68. The summed E-state index contributed by atoms with van der Waals surface area (Å²) in [5.74, 6) is 0. The molecule has 0 amide bonds. The number of thioether (sulfide) groups is 1. The van der Waals surface area contributed by atoms with E-state index in [0.717, 1.165) is 17.8 Å². The van der Waals surface area contributed by atoms with Gasteiger partial charge in [-0.15, -0.1) is 11.8 Å².